The van der Waals surface area contributed by atoms with Crippen LogP contribution in [0.25, 0.3) is 11.3 Å². The zero-order valence-electron chi connectivity index (χ0n) is 16.2. The first-order valence-corrected chi connectivity index (χ1v) is 8.64. The van der Waals surface area contributed by atoms with E-state index < -0.39 is 11.6 Å². The molecule has 0 aliphatic heterocycles. The van der Waals surface area contributed by atoms with Crippen LogP contribution in [-0.2, 0) is 11.3 Å². The van der Waals surface area contributed by atoms with E-state index in [-0.39, 0.29) is 6.54 Å². The van der Waals surface area contributed by atoms with E-state index >= 15 is 0 Å². The molecule has 1 N–H and O–H groups in total. The van der Waals surface area contributed by atoms with Crippen LogP contribution in [0.2, 0.25) is 0 Å². The SMILES string of the molecule is COc1cccc(-c2cnn(CC(=O)Nc3ccc(OC)c(OC)c3)c(=O)n2)c1. The number of hydrogen-bond acceptors (Lipinski definition) is 7. The van der Waals surface area contributed by atoms with E-state index in [1.54, 1.807) is 49.6 Å². The molecule has 1 heterocycles. The number of aromatic nitrogens is 3. The topological polar surface area (TPSA) is 105 Å². The van der Waals surface area contributed by atoms with Crippen molar-refractivity contribution in [3.05, 3.63) is 59.1 Å². The van der Waals surface area contributed by atoms with E-state index in [0.717, 1.165) is 4.68 Å². The van der Waals surface area contributed by atoms with E-state index in [2.05, 4.69) is 15.4 Å². The van der Waals surface area contributed by atoms with Crippen LogP contribution in [0.1, 0.15) is 0 Å². The second-order valence-electron chi connectivity index (χ2n) is 5.93. The first-order chi connectivity index (χ1) is 14.0. The van der Waals surface area contributed by atoms with Gasteiger partial charge in [-0.2, -0.15) is 10.1 Å². The van der Waals surface area contributed by atoms with E-state index in [4.69, 9.17) is 14.2 Å². The molecule has 150 valence electrons. The summed E-state index contributed by atoms with van der Waals surface area (Å²) in [4.78, 5) is 28.6. The molecule has 0 fully saturated rings. The van der Waals surface area contributed by atoms with Crippen LogP contribution < -0.4 is 25.2 Å². The summed E-state index contributed by atoms with van der Waals surface area (Å²) < 4.78 is 16.5. The molecule has 3 aromatic rings. The van der Waals surface area contributed by atoms with Crippen molar-refractivity contribution in [2.75, 3.05) is 26.6 Å². The van der Waals surface area contributed by atoms with E-state index in [0.29, 0.717) is 34.2 Å². The molecule has 1 aromatic heterocycles. The molecule has 0 saturated carbocycles. The average Bonchev–Trinajstić information content (AvgIpc) is 2.75. The van der Waals surface area contributed by atoms with E-state index in [1.165, 1.54) is 20.4 Å². The maximum absolute atomic E-state index is 12.3. The lowest BCUT2D eigenvalue weighted by atomic mass is 10.1. The number of ether oxygens (including phenoxy) is 3. The minimum absolute atomic E-state index is 0.279. The quantitative estimate of drug-likeness (QED) is 0.651. The number of methoxy groups -OCH3 is 3. The fourth-order valence-electron chi connectivity index (χ4n) is 2.64. The first-order valence-electron chi connectivity index (χ1n) is 8.64. The summed E-state index contributed by atoms with van der Waals surface area (Å²) in [6.45, 7) is -0.279. The number of nitrogens with zero attached hydrogens (tertiary/aromatic N) is 3. The number of rotatable bonds is 7. The molecular weight excluding hydrogens is 376 g/mol. The van der Waals surface area contributed by atoms with Crippen molar-refractivity contribution in [2.45, 2.75) is 6.54 Å². The van der Waals surface area contributed by atoms with Gasteiger partial charge in [-0.15, -0.1) is 0 Å². The third-order valence-corrected chi connectivity index (χ3v) is 4.08. The van der Waals surface area contributed by atoms with Gasteiger partial charge in [-0.25, -0.2) is 9.48 Å². The maximum Gasteiger partial charge on any atom is 0.365 e. The summed E-state index contributed by atoms with van der Waals surface area (Å²) in [6.07, 6.45) is 1.43. The number of anilines is 1. The standard InChI is InChI=1S/C20H20N4O5/c1-27-15-6-4-5-13(9-15)16-11-21-24(20(26)23-16)12-19(25)22-14-7-8-17(28-2)18(10-14)29-3/h4-11H,12H2,1-3H3,(H,22,25). The second kappa shape index (κ2) is 8.87. The molecule has 0 aliphatic carbocycles. The van der Waals surface area contributed by atoms with Gasteiger partial charge in [-0.1, -0.05) is 12.1 Å². The predicted octanol–water partition coefficient (Wildman–Crippen LogP) is 1.97. The highest BCUT2D eigenvalue weighted by Crippen LogP contribution is 2.29. The molecule has 9 nitrogen and oxygen atoms in total. The molecule has 2 aromatic carbocycles. The Morgan fingerprint density at radius 1 is 1.03 bits per heavy atom. The third kappa shape index (κ3) is 4.70. The van der Waals surface area contributed by atoms with Crippen LogP contribution in [0.3, 0.4) is 0 Å². The van der Waals surface area contributed by atoms with Gasteiger partial charge in [0.2, 0.25) is 5.91 Å². The minimum atomic E-state index is -0.632. The van der Waals surface area contributed by atoms with Gasteiger partial charge in [-0.3, -0.25) is 4.79 Å². The molecule has 29 heavy (non-hydrogen) atoms. The predicted molar refractivity (Wildman–Crippen MR) is 106 cm³/mol. The van der Waals surface area contributed by atoms with Crippen LogP contribution >= 0.6 is 0 Å². The van der Waals surface area contributed by atoms with Crippen molar-refractivity contribution in [3.8, 4) is 28.5 Å². The average molecular weight is 396 g/mol. The Hall–Kier alpha value is -3.88. The van der Waals surface area contributed by atoms with Crippen molar-refractivity contribution in [1.29, 1.82) is 0 Å². The lowest BCUT2D eigenvalue weighted by Crippen LogP contribution is -2.31. The highest BCUT2D eigenvalue weighted by molar-refractivity contribution is 5.90. The second-order valence-corrected chi connectivity index (χ2v) is 5.93. The number of carbonyl (C=O) groups is 1. The largest absolute Gasteiger partial charge is 0.497 e. The Morgan fingerprint density at radius 3 is 2.52 bits per heavy atom. The summed E-state index contributed by atoms with van der Waals surface area (Å²) in [6, 6.07) is 12.1. The Kier molecular flexibility index (Phi) is 6.08. The van der Waals surface area contributed by atoms with Gasteiger partial charge < -0.3 is 19.5 Å². The Bertz CT molecular complexity index is 1080. The highest BCUT2D eigenvalue weighted by atomic mass is 16.5. The van der Waals surface area contributed by atoms with Gasteiger partial charge in [-0.05, 0) is 24.3 Å². The first kappa shape index (κ1) is 19.9. The Labute approximate surface area is 166 Å². The fourth-order valence-corrected chi connectivity index (χ4v) is 2.64. The fraction of sp³-hybridized carbons (Fsp3) is 0.200. The summed E-state index contributed by atoms with van der Waals surface area (Å²) >= 11 is 0. The molecule has 0 atom stereocenters. The number of nitrogens with one attached hydrogen (secondary N) is 1. The summed E-state index contributed by atoms with van der Waals surface area (Å²) in [5, 5.41) is 6.73. The Morgan fingerprint density at radius 2 is 1.83 bits per heavy atom. The smallest absolute Gasteiger partial charge is 0.365 e. The molecule has 0 radical (unpaired) electrons. The van der Waals surface area contributed by atoms with Crippen LogP contribution in [0.4, 0.5) is 5.69 Å². The molecule has 9 heteroatoms. The number of benzene rings is 2. The monoisotopic (exact) mass is 396 g/mol. The lowest BCUT2D eigenvalue weighted by molar-refractivity contribution is -0.117. The molecule has 1 amide bonds. The van der Waals surface area contributed by atoms with Crippen LogP contribution in [-0.4, -0.2) is 42.0 Å². The summed E-state index contributed by atoms with van der Waals surface area (Å²) in [5.41, 5.74) is 0.954. The third-order valence-electron chi connectivity index (χ3n) is 4.08. The summed E-state index contributed by atoms with van der Waals surface area (Å²) in [7, 11) is 4.58. The van der Waals surface area contributed by atoms with Gasteiger partial charge >= 0.3 is 5.69 Å². The molecule has 0 saturated heterocycles. The maximum atomic E-state index is 12.3. The molecular formula is C20H20N4O5. The van der Waals surface area contributed by atoms with Crippen molar-refractivity contribution < 1.29 is 19.0 Å². The normalized spacial score (nSPS) is 10.3. The molecule has 0 spiro atoms. The Balaban J connectivity index is 1.73. The van der Waals surface area contributed by atoms with Gasteiger partial charge in [0.15, 0.2) is 11.5 Å². The number of hydrogen-bond donors (Lipinski definition) is 1. The zero-order valence-corrected chi connectivity index (χ0v) is 16.2. The van der Waals surface area contributed by atoms with Crippen molar-refractivity contribution in [1.82, 2.24) is 14.8 Å². The minimum Gasteiger partial charge on any atom is -0.497 e. The van der Waals surface area contributed by atoms with Gasteiger partial charge in [0.25, 0.3) is 0 Å². The van der Waals surface area contributed by atoms with Crippen molar-refractivity contribution in [2.24, 2.45) is 0 Å². The van der Waals surface area contributed by atoms with Crippen molar-refractivity contribution in [3.63, 3.8) is 0 Å². The number of amides is 1. The van der Waals surface area contributed by atoms with Crippen LogP contribution in [0, 0.1) is 0 Å². The van der Waals surface area contributed by atoms with Gasteiger partial charge in [0.1, 0.15) is 12.3 Å². The number of carbonyl (C=O) groups excluding carboxylic acids is 1. The van der Waals surface area contributed by atoms with Gasteiger partial charge in [0, 0.05) is 17.3 Å². The van der Waals surface area contributed by atoms with Crippen molar-refractivity contribution >= 4 is 11.6 Å². The van der Waals surface area contributed by atoms with E-state index in [9.17, 15) is 9.59 Å². The van der Waals surface area contributed by atoms with Gasteiger partial charge in [0.05, 0.1) is 33.2 Å². The zero-order chi connectivity index (χ0) is 20.8. The molecule has 3 rings (SSSR count). The summed E-state index contributed by atoms with van der Waals surface area (Å²) in [5.74, 6) is 1.23. The lowest BCUT2D eigenvalue weighted by Gasteiger charge is -2.11. The highest BCUT2D eigenvalue weighted by Gasteiger charge is 2.11. The van der Waals surface area contributed by atoms with Crippen LogP contribution in [0.5, 0.6) is 17.2 Å². The molecule has 0 bridgehead atoms. The van der Waals surface area contributed by atoms with E-state index in [1.807, 2.05) is 0 Å². The molecule has 0 aliphatic rings. The molecule has 0 unspecified atom stereocenters. The van der Waals surface area contributed by atoms with Crippen LogP contribution in [0.15, 0.2) is 53.5 Å².